The minimum atomic E-state index is -4.44. The summed E-state index contributed by atoms with van der Waals surface area (Å²) in [4.78, 5) is 17.3. The molecule has 1 aromatic heterocycles. The number of amides is 1. The van der Waals surface area contributed by atoms with Crippen molar-refractivity contribution in [2.45, 2.75) is 50.9 Å². The van der Waals surface area contributed by atoms with Gasteiger partial charge < -0.3 is 14.4 Å². The van der Waals surface area contributed by atoms with Crippen LogP contribution >= 0.6 is 0 Å². The molecule has 7 nitrogen and oxygen atoms in total. The van der Waals surface area contributed by atoms with E-state index in [0.29, 0.717) is 43.2 Å². The third kappa shape index (κ3) is 5.49. The maximum Gasteiger partial charge on any atom is 0.416 e. The van der Waals surface area contributed by atoms with Crippen LogP contribution in [0.15, 0.2) is 30.3 Å². The van der Waals surface area contributed by atoms with Crippen molar-refractivity contribution < 1.29 is 27.4 Å². The fourth-order valence-electron chi connectivity index (χ4n) is 5.43. The van der Waals surface area contributed by atoms with Crippen LogP contribution in [0.25, 0.3) is 11.3 Å². The van der Waals surface area contributed by atoms with Crippen molar-refractivity contribution in [3.05, 3.63) is 47.2 Å². The Kier molecular flexibility index (Phi) is 7.16. The zero-order valence-corrected chi connectivity index (χ0v) is 20.3. The number of piperidine rings is 1. The van der Waals surface area contributed by atoms with E-state index in [0.717, 1.165) is 62.5 Å². The number of rotatable bonds is 3. The van der Waals surface area contributed by atoms with Crippen LogP contribution in [0.1, 0.15) is 49.1 Å². The quantitative estimate of drug-likeness (QED) is 0.603. The van der Waals surface area contributed by atoms with E-state index in [2.05, 4.69) is 22.0 Å². The Morgan fingerprint density at radius 2 is 1.83 bits per heavy atom. The average Bonchev–Trinajstić information content (AvgIpc) is 2.88. The Hall–Kier alpha value is -2.72. The highest BCUT2D eigenvalue weighted by Crippen LogP contribution is 2.37. The van der Waals surface area contributed by atoms with Crippen LogP contribution < -0.4 is 0 Å². The second-order valence-corrected chi connectivity index (χ2v) is 9.99. The number of hydrogen-bond acceptors (Lipinski definition) is 6. The van der Waals surface area contributed by atoms with E-state index in [4.69, 9.17) is 9.47 Å². The van der Waals surface area contributed by atoms with Gasteiger partial charge in [0.1, 0.15) is 6.10 Å². The van der Waals surface area contributed by atoms with Crippen LogP contribution in [0, 0.1) is 5.92 Å². The Morgan fingerprint density at radius 3 is 2.56 bits per heavy atom. The second kappa shape index (κ2) is 10.3. The van der Waals surface area contributed by atoms with E-state index >= 15 is 0 Å². The van der Waals surface area contributed by atoms with Gasteiger partial charge in [-0.3, -0.25) is 4.90 Å². The number of alkyl halides is 3. The van der Waals surface area contributed by atoms with Crippen LogP contribution in [0.5, 0.6) is 0 Å². The normalized spacial score (nSPS) is 23.8. The summed E-state index contributed by atoms with van der Waals surface area (Å²) >= 11 is 0. The van der Waals surface area contributed by atoms with Crippen molar-refractivity contribution in [2.75, 3.05) is 39.4 Å². The van der Waals surface area contributed by atoms with E-state index in [9.17, 15) is 18.0 Å². The molecule has 2 fully saturated rings. The minimum Gasteiger partial charge on any atom is -0.441 e. The summed E-state index contributed by atoms with van der Waals surface area (Å²) in [5, 5.41) is 8.51. The third-order valence-electron chi connectivity index (χ3n) is 7.42. The molecule has 5 rings (SSSR count). The molecule has 36 heavy (non-hydrogen) atoms. The van der Waals surface area contributed by atoms with Crippen molar-refractivity contribution >= 4 is 6.09 Å². The molecule has 1 amide bonds. The van der Waals surface area contributed by atoms with E-state index in [-0.39, 0.29) is 12.0 Å². The zero-order chi connectivity index (χ0) is 25.3. The molecule has 0 N–H and O–H groups in total. The van der Waals surface area contributed by atoms with Crippen molar-refractivity contribution in [3.8, 4) is 11.3 Å². The lowest BCUT2D eigenvalue weighted by molar-refractivity contribution is -0.137. The maximum absolute atomic E-state index is 13.2. The number of halogens is 3. The Bertz CT molecular complexity index is 1080. The molecule has 10 heteroatoms. The lowest BCUT2D eigenvalue weighted by atomic mass is 9.85. The van der Waals surface area contributed by atoms with Gasteiger partial charge >= 0.3 is 12.3 Å². The van der Waals surface area contributed by atoms with Crippen LogP contribution in [-0.4, -0.2) is 71.5 Å². The number of aromatic nitrogens is 2. The second-order valence-electron chi connectivity index (χ2n) is 9.99. The van der Waals surface area contributed by atoms with Gasteiger partial charge in [0, 0.05) is 43.3 Å². The maximum atomic E-state index is 13.2. The Balaban J connectivity index is 1.29. The smallest absolute Gasteiger partial charge is 0.416 e. The molecule has 2 unspecified atom stereocenters. The molecule has 1 aliphatic carbocycles. The monoisotopic (exact) mass is 504 g/mol. The van der Waals surface area contributed by atoms with Crippen LogP contribution in [-0.2, 0) is 22.1 Å². The highest BCUT2D eigenvalue weighted by Gasteiger charge is 2.34. The van der Waals surface area contributed by atoms with Gasteiger partial charge in [0.2, 0.25) is 0 Å². The average molecular weight is 505 g/mol. The van der Waals surface area contributed by atoms with Crippen LogP contribution in [0.3, 0.4) is 0 Å². The third-order valence-corrected chi connectivity index (χ3v) is 7.42. The minimum absolute atomic E-state index is 0.246. The lowest BCUT2D eigenvalue weighted by Crippen LogP contribution is -2.50. The molecule has 2 atom stereocenters. The molecule has 194 valence electrons. The summed E-state index contributed by atoms with van der Waals surface area (Å²) in [5.41, 5.74) is 1.38. The first-order chi connectivity index (χ1) is 17.3. The number of fused-ring (bicyclic) bond motifs is 1. The first-order valence-corrected chi connectivity index (χ1v) is 12.6. The number of morpholine rings is 1. The summed E-state index contributed by atoms with van der Waals surface area (Å²) in [6.45, 7) is 6.72. The number of carbonyl (C=O) groups excluding carboxylic acids is 1. The number of carbonyl (C=O) groups is 1. The lowest BCUT2D eigenvalue weighted by Gasteiger charge is -2.40. The van der Waals surface area contributed by atoms with Crippen molar-refractivity contribution in [1.29, 1.82) is 0 Å². The van der Waals surface area contributed by atoms with E-state index in [1.807, 2.05) is 0 Å². The Morgan fingerprint density at radius 1 is 1.08 bits per heavy atom. The van der Waals surface area contributed by atoms with Crippen molar-refractivity contribution in [1.82, 2.24) is 20.0 Å². The predicted molar refractivity (Wildman–Crippen MR) is 126 cm³/mol. The van der Waals surface area contributed by atoms with Gasteiger partial charge in [-0.1, -0.05) is 19.1 Å². The highest BCUT2D eigenvalue weighted by atomic mass is 19.4. The molecule has 1 aromatic carbocycles. The molecule has 0 spiro atoms. The largest absolute Gasteiger partial charge is 0.441 e. The summed E-state index contributed by atoms with van der Waals surface area (Å²) in [5.74, 6) is 0.246. The predicted octanol–water partition coefficient (Wildman–Crippen LogP) is 4.72. The molecule has 3 heterocycles. The number of benzene rings is 1. The SMILES string of the molecule is CC1Cc2nnc(-c3cccc(C(F)(F)F)c3)cc2C(OC(=O)N2CCC(N3CCOCC3)CC2)C1. The summed E-state index contributed by atoms with van der Waals surface area (Å²) < 4.78 is 51.0. The molecule has 3 aliphatic rings. The number of likely N-dealkylation sites (tertiary alicyclic amines) is 1. The van der Waals surface area contributed by atoms with Gasteiger partial charge in [0.05, 0.1) is 30.2 Å². The number of nitrogens with zero attached hydrogens (tertiary/aromatic N) is 4. The first-order valence-electron chi connectivity index (χ1n) is 12.6. The fraction of sp³-hybridized carbons (Fsp3) is 0.577. The number of ether oxygens (including phenoxy) is 2. The van der Waals surface area contributed by atoms with Gasteiger partial charge in [-0.2, -0.15) is 23.4 Å². The standard InChI is InChI=1S/C26H31F3N4O3/c1-17-13-23-21(16-22(30-31-23)18-3-2-4-19(15-18)26(27,28)29)24(14-17)36-25(34)33-7-5-20(6-8-33)32-9-11-35-12-10-32/h2-4,15-17,20,24H,5-14H2,1H3. The van der Waals surface area contributed by atoms with Gasteiger partial charge in [-0.05, 0) is 49.8 Å². The van der Waals surface area contributed by atoms with Gasteiger partial charge in [0.15, 0.2) is 0 Å². The molecule has 0 radical (unpaired) electrons. The van der Waals surface area contributed by atoms with E-state index in [1.165, 1.54) is 6.07 Å². The van der Waals surface area contributed by atoms with Crippen LogP contribution in [0.2, 0.25) is 0 Å². The molecule has 0 bridgehead atoms. The molecule has 2 aliphatic heterocycles. The molecule has 0 saturated carbocycles. The van der Waals surface area contributed by atoms with E-state index in [1.54, 1.807) is 17.0 Å². The molecule has 2 saturated heterocycles. The van der Waals surface area contributed by atoms with E-state index < -0.39 is 17.8 Å². The molecular weight excluding hydrogens is 473 g/mol. The summed E-state index contributed by atoms with van der Waals surface area (Å²) in [6, 6.07) is 7.23. The van der Waals surface area contributed by atoms with Gasteiger partial charge in [-0.25, -0.2) is 4.79 Å². The topological polar surface area (TPSA) is 67.8 Å². The fourth-order valence-corrected chi connectivity index (χ4v) is 5.43. The summed E-state index contributed by atoms with van der Waals surface area (Å²) in [6.07, 6.45) is -2.18. The number of hydrogen-bond donors (Lipinski definition) is 0. The first kappa shape index (κ1) is 25.0. The van der Waals surface area contributed by atoms with Crippen LogP contribution in [0.4, 0.5) is 18.0 Å². The van der Waals surface area contributed by atoms with Gasteiger partial charge in [0.25, 0.3) is 0 Å². The summed E-state index contributed by atoms with van der Waals surface area (Å²) in [7, 11) is 0. The molecular formula is C26H31F3N4O3. The van der Waals surface area contributed by atoms with Crippen molar-refractivity contribution in [3.63, 3.8) is 0 Å². The van der Waals surface area contributed by atoms with Crippen molar-refractivity contribution in [2.24, 2.45) is 5.92 Å². The highest BCUT2D eigenvalue weighted by molar-refractivity contribution is 5.68. The Labute approximate surface area is 208 Å². The zero-order valence-electron chi connectivity index (χ0n) is 20.3. The van der Waals surface area contributed by atoms with Gasteiger partial charge in [-0.15, -0.1) is 0 Å². The molecule has 2 aromatic rings.